The molecule has 2 aromatic rings. The Kier molecular flexibility index (Phi) is 3.81. The molecule has 18 heavy (non-hydrogen) atoms. The zero-order chi connectivity index (χ0) is 13.3. The molecule has 1 unspecified atom stereocenters. The maximum atomic E-state index is 13.1. The van der Waals surface area contributed by atoms with Gasteiger partial charge in [-0.1, -0.05) is 36.7 Å². The van der Waals surface area contributed by atoms with Crippen LogP contribution in [0.4, 0.5) is 4.39 Å². The van der Waals surface area contributed by atoms with E-state index in [1.165, 1.54) is 12.1 Å². The van der Waals surface area contributed by atoms with E-state index in [-0.39, 0.29) is 11.2 Å². The number of furan rings is 1. The van der Waals surface area contributed by atoms with E-state index in [0.717, 1.165) is 29.6 Å². The number of alkyl halides is 1. The second kappa shape index (κ2) is 5.04. The van der Waals surface area contributed by atoms with Crippen molar-refractivity contribution in [2.24, 2.45) is 5.41 Å². The Bertz CT molecular complexity index is 539. The Balaban J connectivity index is 2.09. The van der Waals surface area contributed by atoms with Crippen molar-refractivity contribution in [2.45, 2.75) is 38.4 Å². The van der Waals surface area contributed by atoms with Crippen molar-refractivity contribution in [3.63, 3.8) is 0 Å². The normalized spacial score (nSPS) is 14.1. The third-order valence-corrected chi connectivity index (χ3v) is 4.94. The molecule has 1 atom stereocenters. The molecule has 0 N–H and O–H groups in total. The molecule has 1 aromatic heterocycles. The lowest BCUT2D eigenvalue weighted by molar-refractivity contribution is 0.379. The van der Waals surface area contributed by atoms with Gasteiger partial charge in [-0.15, -0.1) is 0 Å². The number of aryl methyl sites for hydroxylation is 1. The van der Waals surface area contributed by atoms with Gasteiger partial charge < -0.3 is 4.42 Å². The van der Waals surface area contributed by atoms with Gasteiger partial charge in [0.1, 0.15) is 17.2 Å². The molecular weight excluding hydrogens is 295 g/mol. The molecule has 0 saturated heterocycles. The van der Waals surface area contributed by atoms with Gasteiger partial charge in [-0.25, -0.2) is 4.39 Å². The molecule has 0 aliphatic heterocycles. The Hall–Kier alpha value is -0.830. The van der Waals surface area contributed by atoms with Crippen molar-refractivity contribution in [3.8, 4) is 0 Å². The lowest BCUT2D eigenvalue weighted by Crippen LogP contribution is -2.20. The van der Waals surface area contributed by atoms with E-state index in [1.807, 2.05) is 6.07 Å². The number of halogens is 2. The predicted octanol–water partition coefficient (Wildman–Crippen LogP) is 5.31. The highest BCUT2D eigenvalue weighted by atomic mass is 79.9. The maximum absolute atomic E-state index is 13.1. The zero-order valence-corrected chi connectivity index (χ0v) is 12.6. The van der Waals surface area contributed by atoms with Crippen LogP contribution in [0.2, 0.25) is 0 Å². The van der Waals surface area contributed by atoms with Crippen LogP contribution in [0.15, 0.2) is 28.7 Å². The molecule has 0 spiro atoms. The first-order valence-electron chi connectivity index (χ1n) is 6.18. The van der Waals surface area contributed by atoms with Gasteiger partial charge in [0, 0.05) is 16.6 Å². The van der Waals surface area contributed by atoms with Crippen LogP contribution in [0.1, 0.15) is 33.0 Å². The molecule has 2 rings (SSSR count). The molecule has 1 nitrogen and oxygen atoms in total. The topological polar surface area (TPSA) is 13.1 Å². The van der Waals surface area contributed by atoms with Crippen LogP contribution in [0.5, 0.6) is 0 Å². The summed E-state index contributed by atoms with van der Waals surface area (Å²) in [6, 6.07) is 6.56. The molecule has 3 heteroatoms. The summed E-state index contributed by atoms with van der Waals surface area (Å²) in [5.74, 6) is 0.701. The average Bonchev–Trinajstić information content (AvgIpc) is 2.66. The SMILES string of the molecule is CC(C)(C)C(Br)CCc1cc2cc(F)ccc2o1. The highest BCUT2D eigenvalue weighted by molar-refractivity contribution is 9.09. The van der Waals surface area contributed by atoms with Gasteiger partial charge in [0.25, 0.3) is 0 Å². The lowest BCUT2D eigenvalue weighted by Gasteiger charge is -2.25. The highest BCUT2D eigenvalue weighted by Gasteiger charge is 2.21. The quantitative estimate of drug-likeness (QED) is 0.700. The third-order valence-electron chi connectivity index (χ3n) is 3.11. The molecule has 98 valence electrons. The van der Waals surface area contributed by atoms with Crippen LogP contribution in [0.25, 0.3) is 11.0 Å². The van der Waals surface area contributed by atoms with Crippen molar-refractivity contribution in [3.05, 3.63) is 35.8 Å². The number of benzene rings is 1. The largest absolute Gasteiger partial charge is 0.461 e. The van der Waals surface area contributed by atoms with Crippen LogP contribution in [0.3, 0.4) is 0 Å². The molecule has 0 amide bonds. The Labute approximate surface area is 115 Å². The van der Waals surface area contributed by atoms with Gasteiger partial charge in [0.05, 0.1) is 0 Å². The first kappa shape index (κ1) is 13.6. The maximum Gasteiger partial charge on any atom is 0.134 e. The first-order valence-corrected chi connectivity index (χ1v) is 7.10. The van der Waals surface area contributed by atoms with E-state index in [9.17, 15) is 4.39 Å². The summed E-state index contributed by atoms with van der Waals surface area (Å²) in [6.45, 7) is 6.63. The van der Waals surface area contributed by atoms with E-state index in [0.29, 0.717) is 4.83 Å². The van der Waals surface area contributed by atoms with Crippen molar-refractivity contribution >= 4 is 26.9 Å². The number of rotatable bonds is 3. The van der Waals surface area contributed by atoms with Crippen molar-refractivity contribution in [2.75, 3.05) is 0 Å². The Morgan fingerprint density at radius 2 is 2.00 bits per heavy atom. The summed E-state index contributed by atoms with van der Waals surface area (Å²) < 4.78 is 18.8. The summed E-state index contributed by atoms with van der Waals surface area (Å²) in [4.78, 5) is 0.440. The molecule has 0 radical (unpaired) electrons. The highest BCUT2D eigenvalue weighted by Crippen LogP contribution is 2.30. The minimum atomic E-state index is -0.220. The monoisotopic (exact) mass is 312 g/mol. The Morgan fingerprint density at radius 1 is 1.28 bits per heavy atom. The average molecular weight is 313 g/mol. The summed E-state index contributed by atoms with van der Waals surface area (Å²) in [5.41, 5.74) is 0.992. The van der Waals surface area contributed by atoms with Gasteiger partial charge >= 0.3 is 0 Å². The fourth-order valence-electron chi connectivity index (χ4n) is 1.89. The van der Waals surface area contributed by atoms with Crippen LogP contribution in [-0.4, -0.2) is 4.83 Å². The smallest absolute Gasteiger partial charge is 0.134 e. The second-order valence-corrected chi connectivity index (χ2v) is 6.87. The molecule has 1 aromatic carbocycles. The Morgan fingerprint density at radius 3 is 2.67 bits per heavy atom. The molecule has 1 heterocycles. The van der Waals surface area contributed by atoms with Gasteiger partial charge in [0.15, 0.2) is 0 Å². The second-order valence-electron chi connectivity index (χ2n) is 5.77. The summed E-state index contributed by atoms with van der Waals surface area (Å²) >= 11 is 3.71. The van der Waals surface area contributed by atoms with E-state index < -0.39 is 0 Å². The van der Waals surface area contributed by atoms with Gasteiger partial charge in [-0.2, -0.15) is 0 Å². The van der Waals surface area contributed by atoms with Crippen molar-refractivity contribution in [1.82, 2.24) is 0 Å². The number of hydrogen-bond donors (Lipinski definition) is 0. The molecule has 0 aliphatic carbocycles. The number of hydrogen-bond acceptors (Lipinski definition) is 1. The molecular formula is C15H18BrFO. The summed E-state index contributed by atoms with van der Waals surface area (Å²) in [6.07, 6.45) is 1.87. The lowest BCUT2D eigenvalue weighted by atomic mass is 9.89. The molecule has 0 bridgehead atoms. The van der Waals surface area contributed by atoms with Crippen LogP contribution >= 0.6 is 15.9 Å². The molecule has 0 saturated carbocycles. The van der Waals surface area contributed by atoms with Gasteiger partial charge in [0.2, 0.25) is 0 Å². The first-order chi connectivity index (χ1) is 8.36. The van der Waals surface area contributed by atoms with Crippen LogP contribution in [0, 0.1) is 11.2 Å². The minimum Gasteiger partial charge on any atom is -0.461 e. The van der Waals surface area contributed by atoms with Gasteiger partial charge in [-0.3, -0.25) is 0 Å². The number of fused-ring (bicyclic) bond motifs is 1. The van der Waals surface area contributed by atoms with E-state index >= 15 is 0 Å². The zero-order valence-electron chi connectivity index (χ0n) is 11.0. The van der Waals surface area contributed by atoms with Crippen molar-refractivity contribution in [1.29, 1.82) is 0 Å². The fraction of sp³-hybridized carbons (Fsp3) is 0.467. The van der Waals surface area contributed by atoms with Crippen LogP contribution < -0.4 is 0 Å². The molecule has 0 fully saturated rings. The summed E-state index contributed by atoms with van der Waals surface area (Å²) in [7, 11) is 0. The third kappa shape index (κ3) is 3.14. The fourth-order valence-corrected chi connectivity index (χ4v) is 2.12. The minimum absolute atomic E-state index is 0.220. The summed E-state index contributed by atoms with van der Waals surface area (Å²) in [5, 5.41) is 0.840. The van der Waals surface area contributed by atoms with E-state index in [4.69, 9.17) is 4.42 Å². The predicted molar refractivity (Wildman–Crippen MR) is 76.7 cm³/mol. The van der Waals surface area contributed by atoms with Crippen LogP contribution in [-0.2, 0) is 6.42 Å². The van der Waals surface area contributed by atoms with E-state index in [2.05, 4.69) is 36.7 Å². The van der Waals surface area contributed by atoms with E-state index in [1.54, 1.807) is 6.07 Å². The molecule has 0 aliphatic rings. The standard InChI is InChI=1S/C15H18BrFO/c1-15(2,3)14(16)7-5-12-9-10-8-11(17)4-6-13(10)18-12/h4,6,8-9,14H,5,7H2,1-3H3. The van der Waals surface area contributed by atoms with Gasteiger partial charge in [-0.05, 0) is 36.1 Å². The van der Waals surface area contributed by atoms with Crippen molar-refractivity contribution < 1.29 is 8.81 Å².